The van der Waals surface area contributed by atoms with E-state index in [1.54, 1.807) is 0 Å². The third-order valence-corrected chi connectivity index (χ3v) is 2.96. The molecule has 0 atom stereocenters. The molecule has 0 aliphatic rings. The van der Waals surface area contributed by atoms with Crippen LogP contribution in [-0.2, 0) is 0 Å². The highest BCUT2D eigenvalue weighted by molar-refractivity contribution is 4.47. The van der Waals surface area contributed by atoms with Gasteiger partial charge in [0.05, 0.1) is 0 Å². The predicted molar refractivity (Wildman–Crippen MR) is 70.0 cm³/mol. The number of hydrogen-bond donors (Lipinski definition) is 0. The van der Waals surface area contributed by atoms with Crippen molar-refractivity contribution in [1.82, 2.24) is 0 Å². The summed E-state index contributed by atoms with van der Waals surface area (Å²) < 4.78 is 0. The fraction of sp³-hybridized carbons (Fsp3) is 0.933. The van der Waals surface area contributed by atoms with Gasteiger partial charge < -0.3 is 0 Å². The molecule has 0 aromatic rings. The van der Waals surface area contributed by atoms with Crippen molar-refractivity contribution in [3.8, 4) is 0 Å². The zero-order valence-corrected chi connectivity index (χ0v) is 11.0. The topological polar surface area (TPSA) is 0 Å². The zero-order valence-electron chi connectivity index (χ0n) is 11.0. The average Bonchev–Trinajstić information content (AvgIpc) is 2.21. The summed E-state index contributed by atoms with van der Waals surface area (Å²) in [5, 5.41) is 0. The van der Waals surface area contributed by atoms with Crippen LogP contribution in [0.1, 0.15) is 90.9 Å². The first-order valence-corrected chi connectivity index (χ1v) is 6.91. The third-order valence-electron chi connectivity index (χ3n) is 2.96. The fourth-order valence-electron chi connectivity index (χ4n) is 1.91. The number of hydrogen-bond acceptors (Lipinski definition) is 0. The minimum absolute atomic E-state index is 0. The van der Waals surface area contributed by atoms with Crippen molar-refractivity contribution in [1.29, 1.82) is 0 Å². The summed E-state index contributed by atoms with van der Waals surface area (Å²) in [5.41, 5.74) is 0. The second-order valence-corrected chi connectivity index (χ2v) is 4.54. The summed E-state index contributed by atoms with van der Waals surface area (Å²) in [6.45, 7) is 4.57. The van der Waals surface area contributed by atoms with Crippen molar-refractivity contribution in [3.05, 3.63) is 7.43 Å². The maximum Gasteiger partial charge on any atom is 0 e. The van der Waals surface area contributed by atoms with E-state index in [9.17, 15) is 0 Å². The van der Waals surface area contributed by atoms with Crippen LogP contribution in [-0.4, -0.2) is 0 Å². The molecule has 15 heavy (non-hydrogen) atoms. The van der Waals surface area contributed by atoms with Gasteiger partial charge in [-0.3, -0.25) is 0 Å². The van der Waals surface area contributed by atoms with Gasteiger partial charge in [-0.25, -0.2) is 0 Å². The van der Waals surface area contributed by atoms with E-state index in [1.807, 2.05) is 0 Å². The predicted octanol–water partition coefficient (Wildman–Crippen LogP) is 5.79. The van der Waals surface area contributed by atoms with Gasteiger partial charge in [-0.05, 0) is 0 Å². The largest absolute Gasteiger partial charge is 0.0654 e. The van der Waals surface area contributed by atoms with Gasteiger partial charge in [0.2, 0.25) is 0 Å². The monoisotopic (exact) mass is 210 g/mol. The lowest BCUT2D eigenvalue weighted by atomic mass is 10.1. The first kappa shape index (κ1) is 17.4. The highest BCUT2D eigenvalue weighted by Gasteiger charge is 1.91. The van der Waals surface area contributed by atoms with E-state index in [4.69, 9.17) is 0 Å². The second-order valence-electron chi connectivity index (χ2n) is 4.54. The molecule has 0 unspecified atom stereocenters. The number of unbranched alkanes of at least 4 members (excludes halogenated alkanes) is 11. The first-order chi connectivity index (χ1) is 6.91. The van der Waals surface area contributed by atoms with Crippen molar-refractivity contribution in [2.24, 2.45) is 0 Å². The van der Waals surface area contributed by atoms with Gasteiger partial charge in [0.25, 0.3) is 0 Å². The Morgan fingerprint density at radius 3 is 0.800 bits per heavy atom. The Bertz CT molecular complexity index is 74.0. The van der Waals surface area contributed by atoms with E-state index in [1.165, 1.54) is 77.0 Å². The van der Waals surface area contributed by atoms with Crippen LogP contribution < -0.4 is 0 Å². The molecule has 0 aromatic heterocycles. The Balaban J connectivity index is 0. The summed E-state index contributed by atoms with van der Waals surface area (Å²) >= 11 is 0. The normalized spacial score (nSPS) is 10.0. The summed E-state index contributed by atoms with van der Waals surface area (Å²) in [4.78, 5) is 0. The maximum atomic E-state index is 2.29. The van der Waals surface area contributed by atoms with Gasteiger partial charge >= 0.3 is 0 Å². The van der Waals surface area contributed by atoms with Crippen LogP contribution in [0.5, 0.6) is 0 Å². The van der Waals surface area contributed by atoms with Crippen LogP contribution in [0.2, 0.25) is 0 Å². The van der Waals surface area contributed by atoms with Gasteiger partial charge in [-0.2, -0.15) is 0 Å². The van der Waals surface area contributed by atoms with Gasteiger partial charge in [0.1, 0.15) is 0 Å². The molecular formula is C15H30. The summed E-state index contributed by atoms with van der Waals surface area (Å²) in [6, 6.07) is 0. The van der Waals surface area contributed by atoms with Crippen molar-refractivity contribution in [2.45, 2.75) is 90.9 Å². The zero-order chi connectivity index (χ0) is 10.5. The van der Waals surface area contributed by atoms with E-state index in [2.05, 4.69) is 13.8 Å². The Morgan fingerprint density at radius 1 is 0.400 bits per heavy atom. The van der Waals surface area contributed by atoms with Crippen molar-refractivity contribution in [2.75, 3.05) is 0 Å². The molecule has 0 heteroatoms. The molecule has 0 N–H and O–H groups in total. The van der Waals surface area contributed by atoms with E-state index in [-0.39, 0.29) is 7.43 Å². The minimum Gasteiger partial charge on any atom is -0.0654 e. The van der Waals surface area contributed by atoms with Gasteiger partial charge in [-0.1, -0.05) is 90.9 Å². The Kier molecular flexibility index (Phi) is 19.1. The van der Waals surface area contributed by atoms with E-state index in [0.717, 1.165) is 0 Å². The van der Waals surface area contributed by atoms with E-state index < -0.39 is 0 Å². The van der Waals surface area contributed by atoms with E-state index in [0.29, 0.717) is 0 Å². The molecular weight excluding hydrogens is 180 g/mol. The Hall–Kier alpha value is 0. The van der Waals surface area contributed by atoms with E-state index >= 15 is 0 Å². The molecule has 0 saturated heterocycles. The van der Waals surface area contributed by atoms with Crippen LogP contribution in [0.25, 0.3) is 0 Å². The summed E-state index contributed by atoms with van der Waals surface area (Å²) in [7, 11) is 0. The van der Waals surface area contributed by atoms with Crippen molar-refractivity contribution >= 4 is 0 Å². The molecule has 0 spiro atoms. The molecule has 0 fully saturated rings. The molecule has 0 rings (SSSR count). The van der Waals surface area contributed by atoms with Crippen LogP contribution in [0, 0.1) is 7.43 Å². The molecule has 90 valence electrons. The maximum absolute atomic E-state index is 2.29. The Labute approximate surface area is 98.9 Å². The average molecular weight is 210 g/mol. The third kappa shape index (κ3) is 16.7. The molecule has 0 amide bonds. The molecule has 4 radical (unpaired) electrons. The van der Waals surface area contributed by atoms with Crippen molar-refractivity contribution in [3.63, 3.8) is 0 Å². The molecule has 0 saturated carbocycles. The lowest BCUT2D eigenvalue weighted by molar-refractivity contribution is 0.548. The SMILES string of the molecule is CCCCCCCCCCCCCC.[C]. The first-order valence-electron chi connectivity index (χ1n) is 6.91. The van der Waals surface area contributed by atoms with Gasteiger partial charge in [0.15, 0.2) is 0 Å². The van der Waals surface area contributed by atoms with Crippen LogP contribution in [0.4, 0.5) is 0 Å². The van der Waals surface area contributed by atoms with Crippen molar-refractivity contribution < 1.29 is 0 Å². The standard InChI is InChI=1S/C14H30.C/c1-3-5-7-9-11-13-14-12-10-8-6-4-2;/h3-14H2,1-2H3;. The fourth-order valence-corrected chi connectivity index (χ4v) is 1.91. The Morgan fingerprint density at radius 2 is 0.600 bits per heavy atom. The molecule has 0 aliphatic heterocycles. The smallest absolute Gasteiger partial charge is 0 e. The molecule has 0 aliphatic carbocycles. The minimum atomic E-state index is 0. The lowest BCUT2D eigenvalue weighted by Gasteiger charge is -2.01. The highest BCUT2D eigenvalue weighted by atomic mass is 14.0. The number of rotatable bonds is 11. The van der Waals surface area contributed by atoms with Gasteiger partial charge in [0, 0.05) is 7.43 Å². The van der Waals surface area contributed by atoms with Crippen LogP contribution in [0.3, 0.4) is 0 Å². The molecule has 0 bridgehead atoms. The highest BCUT2D eigenvalue weighted by Crippen LogP contribution is 2.11. The quantitative estimate of drug-likeness (QED) is 0.379. The summed E-state index contributed by atoms with van der Waals surface area (Å²) in [5.74, 6) is 0. The lowest BCUT2D eigenvalue weighted by Crippen LogP contribution is -1.81. The molecule has 0 nitrogen and oxygen atoms in total. The van der Waals surface area contributed by atoms with Gasteiger partial charge in [-0.15, -0.1) is 0 Å². The second kappa shape index (κ2) is 16.4. The van der Waals surface area contributed by atoms with Crippen LogP contribution in [0.15, 0.2) is 0 Å². The molecule has 0 heterocycles. The van der Waals surface area contributed by atoms with Crippen LogP contribution >= 0.6 is 0 Å². The molecule has 0 aromatic carbocycles. The summed E-state index contributed by atoms with van der Waals surface area (Å²) in [6.07, 6.45) is 17.4.